The molecule has 1 aliphatic heterocycles. The van der Waals surface area contributed by atoms with E-state index in [0.29, 0.717) is 0 Å². The highest BCUT2D eigenvalue weighted by Gasteiger charge is 2.30. The fourth-order valence-corrected chi connectivity index (χ4v) is 2.28. The molecular formula is C14H19ClF3N3O. The zero-order chi connectivity index (χ0) is 15.5. The monoisotopic (exact) mass is 337 g/mol. The molecule has 2 rings (SSSR count). The van der Waals surface area contributed by atoms with Crippen molar-refractivity contribution in [2.75, 3.05) is 31.5 Å². The van der Waals surface area contributed by atoms with Crippen LogP contribution in [0.2, 0.25) is 0 Å². The van der Waals surface area contributed by atoms with E-state index in [1.165, 1.54) is 12.1 Å². The van der Waals surface area contributed by atoms with Gasteiger partial charge in [0.05, 0.1) is 12.1 Å². The minimum atomic E-state index is -4.41. The van der Waals surface area contributed by atoms with Crippen LogP contribution in [0.1, 0.15) is 12.5 Å². The number of hydrogen-bond acceptors (Lipinski definition) is 3. The van der Waals surface area contributed by atoms with E-state index < -0.39 is 11.7 Å². The lowest BCUT2D eigenvalue weighted by Gasteiger charge is -2.33. The summed E-state index contributed by atoms with van der Waals surface area (Å²) in [6, 6.07) is 4.89. The standard InChI is InChI=1S/C14H18F3N3O.ClH/c1-10-8-18-5-6-20(10)9-13(21)19-12-4-2-3-11(7-12)14(15,16)17;/h2-4,7,10,18H,5-6,8-9H2,1H3,(H,19,21);1H/t10-;/m1./s1. The normalized spacial score (nSPS) is 19.4. The number of hydrogen-bond donors (Lipinski definition) is 2. The fraction of sp³-hybridized carbons (Fsp3) is 0.500. The van der Waals surface area contributed by atoms with Gasteiger partial charge in [0.25, 0.3) is 0 Å². The van der Waals surface area contributed by atoms with Gasteiger partial charge in [-0.15, -0.1) is 12.4 Å². The van der Waals surface area contributed by atoms with E-state index >= 15 is 0 Å². The summed E-state index contributed by atoms with van der Waals surface area (Å²) < 4.78 is 37.8. The molecule has 2 N–H and O–H groups in total. The minimum absolute atomic E-state index is 0. The van der Waals surface area contributed by atoms with Crippen molar-refractivity contribution in [3.8, 4) is 0 Å². The Morgan fingerprint density at radius 2 is 2.18 bits per heavy atom. The fourth-order valence-electron chi connectivity index (χ4n) is 2.28. The molecule has 1 aliphatic rings. The first-order valence-electron chi connectivity index (χ1n) is 6.78. The minimum Gasteiger partial charge on any atom is -0.325 e. The highest BCUT2D eigenvalue weighted by Crippen LogP contribution is 2.30. The quantitative estimate of drug-likeness (QED) is 0.890. The first-order chi connectivity index (χ1) is 9.86. The summed E-state index contributed by atoms with van der Waals surface area (Å²) in [5.74, 6) is -0.303. The summed E-state index contributed by atoms with van der Waals surface area (Å²) in [4.78, 5) is 13.9. The molecule has 124 valence electrons. The van der Waals surface area contributed by atoms with Gasteiger partial charge in [-0.05, 0) is 25.1 Å². The molecule has 0 spiro atoms. The Bertz CT molecular complexity index is 510. The number of halogens is 4. The molecule has 22 heavy (non-hydrogen) atoms. The molecule has 0 bridgehead atoms. The van der Waals surface area contributed by atoms with Crippen molar-refractivity contribution in [3.05, 3.63) is 29.8 Å². The molecule has 0 aliphatic carbocycles. The Kier molecular flexibility index (Phi) is 6.65. The van der Waals surface area contributed by atoms with Crippen molar-refractivity contribution in [3.63, 3.8) is 0 Å². The molecule has 1 fully saturated rings. The van der Waals surface area contributed by atoms with E-state index in [1.54, 1.807) is 0 Å². The van der Waals surface area contributed by atoms with Crippen LogP contribution in [0, 0.1) is 0 Å². The van der Waals surface area contributed by atoms with Crippen LogP contribution in [0.5, 0.6) is 0 Å². The molecule has 1 heterocycles. The van der Waals surface area contributed by atoms with Gasteiger partial charge in [-0.25, -0.2) is 0 Å². The number of benzene rings is 1. The van der Waals surface area contributed by atoms with Gasteiger partial charge < -0.3 is 10.6 Å². The summed E-state index contributed by atoms with van der Waals surface area (Å²) in [5.41, 5.74) is -0.603. The highest BCUT2D eigenvalue weighted by atomic mass is 35.5. The molecule has 1 aromatic carbocycles. The van der Waals surface area contributed by atoms with Gasteiger partial charge in [-0.1, -0.05) is 6.07 Å². The Morgan fingerprint density at radius 3 is 2.82 bits per heavy atom. The van der Waals surface area contributed by atoms with E-state index in [2.05, 4.69) is 10.6 Å². The summed E-state index contributed by atoms with van der Waals surface area (Å²) >= 11 is 0. The van der Waals surface area contributed by atoms with Crippen molar-refractivity contribution < 1.29 is 18.0 Å². The maximum absolute atomic E-state index is 12.6. The molecule has 1 atom stereocenters. The van der Waals surface area contributed by atoms with E-state index in [9.17, 15) is 18.0 Å². The maximum atomic E-state index is 12.6. The Labute approximate surface area is 133 Å². The smallest absolute Gasteiger partial charge is 0.325 e. The van der Waals surface area contributed by atoms with Gasteiger partial charge in [-0.2, -0.15) is 13.2 Å². The number of rotatable bonds is 3. The summed E-state index contributed by atoms with van der Waals surface area (Å²) in [6.45, 7) is 4.54. The number of carbonyl (C=O) groups is 1. The summed E-state index contributed by atoms with van der Waals surface area (Å²) in [5, 5.41) is 5.73. The molecule has 1 aromatic rings. The van der Waals surface area contributed by atoms with Gasteiger partial charge in [0.15, 0.2) is 0 Å². The van der Waals surface area contributed by atoms with E-state index in [1.807, 2.05) is 11.8 Å². The van der Waals surface area contributed by atoms with Crippen LogP contribution >= 0.6 is 12.4 Å². The predicted octanol–water partition coefficient (Wildman–Crippen LogP) is 2.36. The largest absolute Gasteiger partial charge is 0.416 e. The molecule has 0 saturated carbocycles. The number of nitrogens with zero attached hydrogens (tertiary/aromatic N) is 1. The van der Waals surface area contributed by atoms with Crippen molar-refractivity contribution >= 4 is 24.0 Å². The zero-order valence-corrected chi connectivity index (χ0v) is 12.9. The van der Waals surface area contributed by atoms with Crippen molar-refractivity contribution in [2.45, 2.75) is 19.1 Å². The molecule has 8 heteroatoms. The van der Waals surface area contributed by atoms with E-state index in [0.717, 1.165) is 31.8 Å². The highest BCUT2D eigenvalue weighted by molar-refractivity contribution is 5.92. The van der Waals surface area contributed by atoms with Crippen LogP contribution in [-0.2, 0) is 11.0 Å². The van der Waals surface area contributed by atoms with Crippen LogP contribution < -0.4 is 10.6 Å². The average Bonchev–Trinajstić information content (AvgIpc) is 2.41. The summed E-state index contributed by atoms with van der Waals surface area (Å²) in [6.07, 6.45) is -4.41. The van der Waals surface area contributed by atoms with Crippen molar-refractivity contribution in [1.82, 2.24) is 10.2 Å². The lowest BCUT2D eigenvalue weighted by molar-refractivity contribution is -0.137. The third-order valence-electron chi connectivity index (χ3n) is 3.46. The number of anilines is 1. The third-order valence-corrected chi connectivity index (χ3v) is 3.46. The molecule has 0 unspecified atom stereocenters. The maximum Gasteiger partial charge on any atom is 0.416 e. The number of piperazine rings is 1. The van der Waals surface area contributed by atoms with Crippen LogP contribution in [0.25, 0.3) is 0 Å². The first kappa shape index (κ1) is 18.7. The molecule has 1 saturated heterocycles. The van der Waals surface area contributed by atoms with Crippen LogP contribution in [0.3, 0.4) is 0 Å². The molecular weight excluding hydrogens is 319 g/mol. The van der Waals surface area contributed by atoms with Crippen LogP contribution in [-0.4, -0.2) is 43.0 Å². The lowest BCUT2D eigenvalue weighted by Crippen LogP contribution is -2.51. The van der Waals surface area contributed by atoms with Crippen LogP contribution in [0.4, 0.5) is 18.9 Å². The predicted molar refractivity (Wildman–Crippen MR) is 81.2 cm³/mol. The van der Waals surface area contributed by atoms with Crippen LogP contribution in [0.15, 0.2) is 24.3 Å². The summed E-state index contributed by atoms with van der Waals surface area (Å²) in [7, 11) is 0. The van der Waals surface area contributed by atoms with E-state index in [4.69, 9.17) is 0 Å². The Balaban J connectivity index is 0.00000242. The van der Waals surface area contributed by atoms with Gasteiger partial charge in [0.1, 0.15) is 0 Å². The van der Waals surface area contributed by atoms with Crippen molar-refractivity contribution in [2.24, 2.45) is 0 Å². The SMILES string of the molecule is C[C@@H]1CNCCN1CC(=O)Nc1cccc(C(F)(F)F)c1.Cl. The van der Waals surface area contributed by atoms with Gasteiger partial charge in [-0.3, -0.25) is 9.69 Å². The number of amides is 1. The third kappa shape index (κ3) is 5.15. The zero-order valence-electron chi connectivity index (χ0n) is 12.1. The number of alkyl halides is 3. The van der Waals surface area contributed by atoms with Crippen molar-refractivity contribution in [1.29, 1.82) is 0 Å². The second-order valence-electron chi connectivity index (χ2n) is 5.15. The second-order valence-corrected chi connectivity index (χ2v) is 5.15. The Hall–Kier alpha value is -1.31. The Morgan fingerprint density at radius 1 is 1.45 bits per heavy atom. The van der Waals surface area contributed by atoms with E-state index in [-0.39, 0.29) is 36.6 Å². The average molecular weight is 338 g/mol. The van der Waals surface area contributed by atoms with Gasteiger partial charge in [0.2, 0.25) is 5.91 Å². The number of nitrogens with one attached hydrogen (secondary N) is 2. The lowest BCUT2D eigenvalue weighted by atomic mass is 10.2. The molecule has 0 radical (unpaired) electrons. The van der Waals surface area contributed by atoms with Gasteiger partial charge in [0, 0.05) is 31.4 Å². The molecule has 0 aromatic heterocycles. The second kappa shape index (κ2) is 7.80. The molecule has 4 nitrogen and oxygen atoms in total. The topological polar surface area (TPSA) is 44.4 Å². The van der Waals surface area contributed by atoms with Gasteiger partial charge >= 0.3 is 6.18 Å². The first-order valence-corrected chi connectivity index (χ1v) is 6.78. The molecule has 1 amide bonds. The number of carbonyl (C=O) groups excluding carboxylic acids is 1.